The molecular weight excluding hydrogens is 358 g/mol. The number of piperazine rings is 1. The van der Waals surface area contributed by atoms with Crippen LogP contribution in [-0.2, 0) is 6.54 Å². The molecular formula is C21H29N3O2S. The lowest BCUT2D eigenvalue weighted by atomic mass is 9.96. The van der Waals surface area contributed by atoms with Crippen molar-refractivity contribution in [3.05, 3.63) is 57.5 Å². The van der Waals surface area contributed by atoms with E-state index in [1.54, 1.807) is 22.4 Å². The van der Waals surface area contributed by atoms with E-state index in [0.717, 1.165) is 37.4 Å². The third-order valence-corrected chi connectivity index (χ3v) is 6.19. The van der Waals surface area contributed by atoms with Crippen molar-refractivity contribution in [2.24, 2.45) is 0 Å². The number of pyridine rings is 1. The van der Waals surface area contributed by atoms with Crippen molar-refractivity contribution >= 4 is 11.8 Å². The van der Waals surface area contributed by atoms with Crippen molar-refractivity contribution in [2.75, 3.05) is 39.5 Å². The summed E-state index contributed by atoms with van der Waals surface area (Å²) < 4.78 is 1.74. The zero-order valence-electron chi connectivity index (χ0n) is 16.6. The van der Waals surface area contributed by atoms with Crippen molar-refractivity contribution in [1.82, 2.24) is 14.4 Å². The second-order valence-electron chi connectivity index (χ2n) is 7.15. The normalized spacial score (nSPS) is 17.2. The number of rotatable bonds is 5. The number of nitrogens with zero attached hydrogens (tertiary/aromatic N) is 3. The van der Waals surface area contributed by atoms with E-state index in [-0.39, 0.29) is 17.4 Å². The van der Waals surface area contributed by atoms with Crippen molar-refractivity contribution in [3.8, 4) is 5.75 Å². The fraction of sp³-hybridized carbons (Fsp3) is 0.476. The highest BCUT2D eigenvalue weighted by Gasteiger charge is 2.30. The summed E-state index contributed by atoms with van der Waals surface area (Å²) in [5.74, 6) is 0.0973. The largest absolute Gasteiger partial charge is 0.507 e. The fourth-order valence-corrected chi connectivity index (χ4v) is 4.25. The summed E-state index contributed by atoms with van der Waals surface area (Å²) in [6.07, 6.45) is 2.05. The summed E-state index contributed by atoms with van der Waals surface area (Å²) in [4.78, 5) is 19.1. The van der Waals surface area contributed by atoms with Crippen LogP contribution < -0.4 is 5.56 Å². The molecule has 5 nitrogen and oxygen atoms in total. The summed E-state index contributed by atoms with van der Waals surface area (Å²) in [6, 6.07) is 9.84. The highest BCUT2D eigenvalue weighted by atomic mass is 32.2. The topological polar surface area (TPSA) is 48.7 Å². The summed E-state index contributed by atoms with van der Waals surface area (Å²) in [5, 5.41) is 10.8. The van der Waals surface area contributed by atoms with Gasteiger partial charge < -0.3 is 14.6 Å². The monoisotopic (exact) mass is 387 g/mol. The Morgan fingerprint density at radius 3 is 2.33 bits per heavy atom. The van der Waals surface area contributed by atoms with Crippen molar-refractivity contribution in [3.63, 3.8) is 0 Å². The first-order valence-corrected chi connectivity index (χ1v) is 10.7. The van der Waals surface area contributed by atoms with E-state index in [1.165, 1.54) is 4.90 Å². The van der Waals surface area contributed by atoms with Gasteiger partial charge in [-0.3, -0.25) is 9.69 Å². The highest BCUT2D eigenvalue weighted by molar-refractivity contribution is 7.98. The van der Waals surface area contributed by atoms with Gasteiger partial charge in [-0.1, -0.05) is 12.1 Å². The van der Waals surface area contributed by atoms with Gasteiger partial charge >= 0.3 is 0 Å². The van der Waals surface area contributed by atoms with Crippen LogP contribution in [0.4, 0.5) is 0 Å². The molecule has 1 atom stereocenters. The number of aromatic nitrogens is 1. The Kier molecular flexibility index (Phi) is 6.29. The van der Waals surface area contributed by atoms with E-state index in [1.807, 2.05) is 13.8 Å². The molecule has 0 saturated carbocycles. The van der Waals surface area contributed by atoms with Crippen molar-refractivity contribution in [2.45, 2.75) is 31.3 Å². The molecule has 2 heterocycles. The van der Waals surface area contributed by atoms with Gasteiger partial charge in [0.2, 0.25) is 0 Å². The number of benzene rings is 1. The van der Waals surface area contributed by atoms with Crippen LogP contribution in [0, 0.1) is 6.92 Å². The maximum Gasteiger partial charge on any atom is 0.259 e. The van der Waals surface area contributed by atoms with Crippen LogP contribution >= 0.6 is 11.8 Å². The first-order chi connectivity index (χ1) is 13.0. The third kappa shape index (κ3) is 4.08. The van der Waals surface area contributed by atoms with Gasteiger partial charge in [0.25, 0.3) is 5.56 Å². The van der Waals surface area contributed by atoms with Gasteiger partial charge in [0.1, 0.15) is 5.75 Å². The predicted molar refractivity (Wildman–Crippen MR) is 112 cm³/mol. The molecule has 1 aliphatic heterocycles. The zero-order chi connectivity index (χ0) is 19.6. The van der Waals surface area contributed by atoms with Gasteiger partial charge in [-0.05, 0) is 50.9 Å². The smallest absolute Gasteiger partial charge is 0.259 e. The first-order valence-electron chi connectivity index (χ1n) is 9.46. The third-order valence-electron chi connectivity index (χ3n) is 5.45. The molecule has 3 rings (SSSR count). The molecule has 0 spiro atoms. The van der Waals surface area contributed by atoms with Crippen LogP contribution in [0.5, 0.6) is 5.75 Å². The molecule has 146 valence electrons. The van der Waals surface area contributed by atoms with E-state index in [0.29, 0.717) is 12.1 Å². The maximum absolute atomic E-state index is 13.2. The standard InChI is InChI=1S/C21H29N3O2S/c1-5-24-15(2)14-18(25)19(21(24)26)20(23-12-10-22(3)11-13-23)16-6-8-17(27-4)9-7-16/h6-9,14,20,25H,5,10-13H2,1-4H3/t20-/m0/s1. The summed E-state index contributed by atoms with van der Waals surface area (Å²) in [5.41, 5.74) is 2.24. The molecule has 2 aromatic rings. The Morgan fingerprint density at radius 2 is 1.78 bits per heavy atom. The Bertz CT molecular complexity index is 840. The minimum atomic E-state index is -0.236. The first kappa shape index (κ1) is 20.0. The molecule has 6 heteroatoms. The Hall–Kier alpha value is -1.76. The minimum absolute atomic E-state index is 0.0899. The van der Waals surface area contributed by atoms with E-state index < -0.39 is 0 Å². The molecule has 0 radical (unpaired) electrons. The van der Waals surface area contributed by atoms with Crippen LogP contribution in [0.1, 0.15) is 29.8 Å². The van der Waals surface area contributed by atoms with E-state index in [4.69, 9.17) is 0 Å². The van der Waals surface area contributed by atoms with E-state index in [9.17, 15) is 9.90 Å². The number of thioether (sulfide) groups is 1. The lowest BCUT2D eigenvalue weighted by molar-refractivity contribution is 0.125. The SMILES string of the molecule is CCn1c(C)cc(O)c([C@H](c2ccc(SC)cc2)N2CCN(C)CC2)c1=O. The number of aromatic hydroxyl groups is 1. The van der Waals surface area contributed by atoms with Crippen LogP contribution in [0.2, 0.25) is 0 Å². The van der Waals surface area contributed by atoms with Gasteiger partial charge in [-0.2, -0.15) is 0 Å². The van der Waals surface area contributed by atoms with E-state index in [2.05, 4.69) is 47.4 Å². The molecule has 27 heavy (non-hydrogen) atoms. The average molecular weight is 388 g/mol. The van der Waals surface area contributed by atoms with Gasteiger partial charge in [0.15, 0.2) is 0 Å². The minimum Gasteiger partial charge on any atom is -0.507 e. The molecule has 1 aromatic carbocycles. The van der Waals surface area contributed by atoms with Gasteiger partial charge in [0.05, 0.1) is 11.6 Å². The second kappa shape index (κ2) is 8.50. The Balaban J connectivity index is 2.14. The van der Waals surface area contributed by atoms with E-state index >= 15 is 0 Å². The maximum atomic E-state index is 13.2. The Morgan fingerprint density at radius 1 is 1.15 bits per heavy atom. The molecule has 1 N–H and O–H groups in total. The number of hydrogen-bond acceptors (Lipinski definition) is 5. The lowest BCUT2D eigenvalue weighted by Crippen LogP contribution is -2.47. The lowest BCUT2D eigenvalue weighted by Gasteiger charge is -2.38. The quantitative estimate of drug-likeness (QED) is 0.800. The van der Waals surface area contributed by atoms with Crippen molar-refractivity contribution in [1.29, 1.82) is 0 Å². The van der Waals surface area contributed by atoms with Crippen LogP contribution in [-0.4, -0.2) is 59.0 Å². The molecule has 0 aliphatic carbocycles. The average Bonchev–Trinajstić information content (AvgIpc) is 2.66. The summed E-state index contributed by atoms with van der Waals surface area (Å²) >= 11 is 1.70. The molecule has 1 aromatic heterocycles. The molecule has 1 aliphatic rings. The summed E-state index contributed by atoms with van der Waals surface area (Å²) in [6.45, 7) is 8.06. The predicted octanol–water partition coefficient (Wildman–Crippen LogP) is 2.94. The second-order valence-corrected chi connectivity index (χ2v) is 8.03. The molecule has 0 bridgehead atoms. The zero-order valence-corrected chi connectivity index (χ0v) is 17.4. The van der Waals surface area contributed by atoms with Crippen molar-refractivity contribution < 1.29 is 5.11 Å². The molecule has 1 fully saturated rings. The summed E-state index contributed by atoms with van der Waals surface area (Å²) in [7, 11) is 2.12. The van der Waals surface area contributed by atoms with Gasteiger partial charge in [-0.25, -0.2) is 0 Å². The van der Waals surface area contributed by atoms with Crippen LogP contribution in [0.15, 0.2) is 40.0 Å². The molecule has 1 saturated heterocycles. The molecule has 0 amide bonds. The van der Waals surface area contributed by atoms with Gasteiger partial charge in [-0.15, -0.1) is 11.8 Å². The number of hydrogen-bond donors (Lipinski definition) is 1. The van der Waals surface area contributed by atoms with Gasteiger partial charge in [0, 0.05) is 43.3 Å². The van der Waals surface area contributed by atoms with Crippen LogP contribution in [0.3, 0.4) is 0 Å². The highest BCUT2D eigenvalue weighted by Crippen LogP contribution is 2.34. The fourth-order valence-electron chi connectivity index (χ4n) is 3.85. The number of aryl methyl sites for hydroxylation is 1. The van der Waals surface area contributed by atoms with Crippen LogP contribution in [0.25, 0.3) is 0 Å². The molecule has 0 unspecified atom stereocenters. The Labute approximate surface area is 165 Å². The number of likely N-dealkylation sites (N-methyl/N-ethyl adjacent to an activating group) is 1.